The number of aromatic nitrogens is 1. The number of carbonyl (C=O) groups excluding carboxylic acids is 3. The Bertz CT molecular complexity index is 1460. The van der Waals surface area contributed by atoms with Gasteiger partial charge in [0.25, 0.3) is 5.91 Å². The Morgan fingerprint density at radius 3 is 2.21 bits per heavy atom. The van der Waals surface area contributed by atoms with Crippen LogP contribution in [0.3, 0.4) is 0 Å². The zero-order valence-electron chi connectivity index (χ0n) is 25.2. The molecule has 1 fully saturated rings. The van der Waals surface area contributed by atoms with Gasteiger partial charge < -0.3 is 25.8 Å². The van der Waals surface area contributed by atoms with Crippen molar-refractivity contribution in [2.24, 2.45) is 5.73 Å². The Hall–Kier alpha value is -4.05. The number of nitrogens with one attached hydrogen (secondary N) is 1. The Kier molecular flexibility index (Phi) is 11.6. The van der Waals surface area contributed by atoms with Gasteiger partial charge in [0.15, 0.2) is 5.54 Å². The number of methoxy groups -OCH3 is 1. The number of hydrogen-bond donors (Lipinski definition) is 3. The van der Waals surface area contributed by atoms with Crippen LogP contribution >= 0.6 is 11.6 Å². The number of ether oxygens (including phenoxy) is 1. The summed E-state index contributed by atoms with van der Waals surface area (Å²) in [6.07, 6.45) is 5.79. The molecule has 0 aliphatic carbocycles. The molecule has 4 N–H and O–H groups in total. The zero-order valence-corrected chi connectivity index (χ0v) is 26.0. The van der Waals surface area contributed by atoms with Crippen LogP contribution in [-0.4, -0.2) is 58.6 Å². The van der Waals surface area contributed by atoms with Gasteiger partial charge in [0.05, 0.1) is 12.6 Å². The fraction of sp³-hybridized carbons (Fsp3) is 0.438. The highest BCUT2D eigenvalue weighted by Gasteiger charge is 2.45. The molecule has 0 saturated carbocycles. The molecule has 11 heteroatoms. The predicted octanol–water partition coefficient (Wildman–Crippen LogP) is 5.85. The summed E-state index contributed by atoms with van der Waals surface area (Å²) >= 11 is 6.00. The number of fused-ring (bicyclic) bond motifs is 1. The number of urea groups is 1. The third-order valence-electron chi connectivity index (χ3n) is 7.71. The summed E-state index contributed by atoms with van der Waals surface area (Å²) in [5, 5.41) is 14.3. The highest BCUT2D eigenvalue weighted by molar-refractivity contribution is 6.30. The van der Waals surface area contributed by atoms with E-state index in [0.717, 1.165) is 45.2 Å². The van der Waals surface area contributed by atoms with Crippen LogP contribution < -0.4 is 15.8 Å². The fourth-order valence-electron chi connectivity index (χ4n) is 5.62. The SMILES string of the molecule is CCCCCCC(NC(C)=O)(C(=O)O)c1c(C)n(C(=O)c2ccc(Cl)cc2)c2ccc(OC)cc12.NC(=O)N1CCCC1. The number of hydrogen-bond acceptors (Lipinski definition) is 5. The van der Waals surface area contributed by atoms with Gasteiger partial charge in [-0.25, -0.2) is 9.59 Å². The third kappa shape index (κ3) is 7.67. The Balaban J connectivity index is 0.000000546. The van der Waals surface area contributed by atoms with Crippen molar-refractivity contribution in [2.45, 2.75) is 71.3 Å². The van der Waals surface area contributed by atoms with Gasteiger partial charge in [-0.1, -0.05) is 44.2 Å². The second kappa shape index (κ2) is 14.9. The number of carbonyl (C=O) groups is 4. The second-order valence-corrected chi connectivity index (χ2v) is 11.2. The van der Waals surface area contributed by atoms with Gasteiger partial charge in [-0.2, -0.15) is 0 Å². The van der Waals surface area contributed by atoms with Crippen LogP contribution in [0.15, 0.2) is 42.5 Å². The first-order chi connectivity index (χ1) is 20.5. The molecule has 43 heavy (non-hydrogen) atoms. The molecule has 2 heterocycles. The summed E-state index contributed by atoms with van der Waals surface area (Å²) in [5.41, 5.74) is 5.04. The molecular weight excluding hydrogens is 572 g/mol. The topological polar surface area (TPSA) is 144 Å². The molecule has 1 atom stereocenters. The van der Waals surface area contributed by atoms with E-state index in [1.165, 1.54) is 18.6 Å². The summed E-state index contributed by atoms with van der Waals surface area (Å²) in [4.78, 5) is 50.9. The molecule has 1 saturated heterocycles. The normalized spacial score (nSPS) is 14.0. The van der Waals surface area contributed by atoms with E-state index in [2.05, 4.69) is 12.2 Å². The highest BCUT2D eigenvalue weighted by atomic mass is 35.5. The van der Waals surface area contributed by atoms with E-state index in [1.807, 2.05) is 0 Å². The molecule has 0 radical (unpaired) electrons. The van der Waals surface area contributed by atoms with Crippen LogP contribution in [0.2, 0.25) is 5.02 Å². The van der Waals surface area contributed by atoms with E-state index in [9.17, 15) is 24.3 Å². The first-order valence-corrected chi connectivity index (χ1v) is 14.9. The monoisotopic (exact) mass is 612 g/mol. The van der Waals surface area contributed by atoms with Crippen LogP contribution in [0.4, 0.5) is 4.79 Å². The molecule has 3 amide bonds. The maximum absolute atomic E-state index is 13.6. The Labute approximate surface area is 257 Å². The molecule has 0 spiro atoms. The van der Waals surface area contributed by atoms with Gasteiger partial charge in [0, 0.05) is 47.2 Å². The maximum Gasteiger partial charge on any atom is 0.334 e. The molecule has 232 valence electrons. The number of unbranched alkanes of at least 4 members (excludes halogenated alkanes) is 3. The van der Waals surface area contributed by atoms with Crippen molar-refractivity contribution >= 4 is 46.3 Å². The van der Waals surface area contributed by atoms with Gasteiger partial charge >= 0.3 is 12.0 Å². The quantitative estimate of drug-likeness (QED) is 0.245. The number of carboxylic acids is 1. The lowest BCUT2D eigenvalue weighted by Gasteiger charge is -2.31. The van der Waals surface area contributed by atoms with Crippen molar-refractivity contribution in [2.75, 3.05) is 20.2 Å². The number of rotatable bonds is 10. The van der Waals surface area contributed by atoms with Crippen LogP contribution in [0.1, 0.15) is 80.4 Å². The van der Waals surface area contributed by atoms with Crippen LogP contribution in [0, 0.1) is 6.92 Å². The van der Waals surface area contributed by atoms with E-state index >= 15 is 0 Å². The summed E-state index contributed by atoms with van der Waals surface area (Å²) in [7, 11) is 1.52. The zero-order chi connectivity index (χ0) is 31.7. The number of amides is 3. The number of primary amides is 1. The lowest BCUT2D eigenvalue weighted by Crippen LogP contribution is -2.51. The van der Waals surface area contributed by atoms with Crippen LogP contribution in [0.25, 0.3) is 10.9 Å². The van der Waals surface area contributed by atoms with E-state index in [1.54, 1.807) is 54.3 Å². The van der Waals surface area contributed by atoms with Gasteiger partial charge in [-0.3, -0.25) is 14.2 Å². The van der Waals surface area contributed by atoms with Gasteiger partial charge in [0.1, 0.15) is 5.75 Å². The summed E-state index contributed by atoms with van der Waals surface area (Å²) in [6.45, 7) is 6.80. The van der Waals surface area contributed by atoms with Crippen molar-refractivity contribution in [3.05, 3.63) is 64.3 Å². The number of nitrogens with two attached hydrogens (primary N) is 1. The Morgan fingerprint density at radius 1 is 1.05 bits per heavy atom. The van der Waals surface area contributed by atoms with Crippen molar-refractivity contribution in [1.29, 1.82) is 0 Å². The summed E-state index contributed by atoms with van der Waals surface area (Å²) < 4.78 is 6.91. The fourth-order valence-corrected chi connectivity index (χ4v) is 5.75. The van der Waals surface area contributed by atoms with Crippen LogP contribution in [-0.2, 0) is 15.1 Å². The number of nitrogens with zero attached hydrogens (tertiary/aromatic N) is 2. The minimum absolute atomic E-state index is 0.189. The molecule has 0 bridgehead atoms. The molecule has 1 aliphatic heterocycles. The van der Waals surface area contributed by atoms with E-state index in [4.69, 9.17) is 22.1 Å². The minimum Gasteiger partial charge on any atom is -0.497 e. The van der Waals surface area contributed by atoms with Crippen molar-refractivity contribution < 1.29 is 29.0 Å². The van der Waals surface area contributed by atoms with Crippen molar-refractivity contribution in [1.82, 2.24) is 14.8 Å². The van der Waals surface area contributed by atoms with Gasteiger partial charge in [-0.05, 0) is 68.7 Å². The van der Waals surface area contributed by atoms with Gasteiger partial charge in [-0.15, -0.1) is 0 Å². The molecule has 10 nitrogen and oxygen atoms in total. The van der Waals surface area contributed by atoms with Crippen LogP contribution in [0.5, 0.6) is 5.75 Å². The number of likely N-dealkylation sites (tertiary alicyclic amines) is 1. The molecule has 2 aromatic carbocycles. The minimum atomic E-state index is -1.71. The number of aliphatic carboxylic acids is 1. The molecular formula is C32H41ClN4O6. The van der Waals surface area contributed by atoms with Crippen molar-refractivity contribution in [3.8, 4) is 5.75 Å². The first-order valence-electron chi connectivity index (χ1n) is 14.5. The third-order valence-corrected chi connectivity index (χ3v) is 7.96. The summed E-state index contributed by atoms with van der Waals surface area (Å²) in [6, 6.07) is 11.4. The standard InChI is InChI=1S/C27H31ClN2O5.C5H10N2O/c1-5-6-7-8-15-27(26(33)34,29-18(3)31)24-17(2)30(23-14-13-21(35-4)16-22(23)24)25(32)19-9-11-20(28)12-10-19;6-5(8)7-3-1-2-4-7/h9-14,16H,5-8,15H2,1-4H3,(H,29,31)(H,33,34);1-4H2,(H2,6,8). The van der Waals surface area contributed by atoms with E-state index < -0.39 is 17.4 Å². The van der Waals surface area contributed by atoms with Crippen molar-refractivity contribution in [3.63, 3.8) is 0 Å². The number of benzene rings is 2. The highest BCUT2D eigenvalue weighted by Crippen LogP contribution is 2.40. The van der Waals surface area contributed by atoms with E-state index in [0.29, 0.717) is 44.9 Å². The smallest absolute Gasteiger partial charge is 0.334 e. The molecule has 1 unspecified atom stereocenters. The maximum atomic E-state index is 13.6. The lowest BCUT2D eigenvalue weighted by atomic mass is 9.82. The first kappa shape index (κ1) is 33.5. The number of halogens is 1. The molecule has 4 rings (SSSR count). The average molecular weight is 613 g/mol. The van der Waals surface area contributed by atoms with E-state index in [-0.39, 0.29) is 18.4 Å². The molecule has 1 aromatic heterocycles. The number of carboxylic acid groups (broad SMARTS) is 1. The molecule has 3 aromatic rings. The lowest BCUT2D eigenvalue weighted by molar-refractivity contribution is -0.148. The molecule has 1 aliphatic rings. The largest absolute Gasteiger partial charge is 0.497 e. The Morgan fingerprint density at radius 2 is 1.70 bits per heavy atom. The van der Waals surface area contributed by atoms with Gasteiger partial charge in [0.2, 0.25) is 5.91 Å². The second-order valence-electron chi connectivity index (χ2n) is 10.7. The predicted molar refractivity (Wildman–Crippen MR) is 167 cm³/mol. The average Bonchev–Trinajstić information content (AvgIpc) is 3.61. The summed E-state index contributed by atoms with van der Waals surface area (Å²) in [5.74, 6) is -1.44.